The van der Waals surface area contributed by atoms with Crippen molar-refractivity contribution in [1.82, 2.24) is 5.32 Å². The number of hydrogen-bond acceptors (Lipinski definition) is 5. The third-order valence-corrected chi connectivity index (χ3v) is 3.40. The van der Waals surface area contributed by atoms with Crippen LogP contribution in [-0.4, -0.2) is 31.8 Å². The van der Waals surface area contributed by atoms with Crippen LogP contribution in [0.15, 0.2) is 18.2 Å². The number of hydrogen-bond donors (Lipinski definition) is 1. The van der Waals surface area contributed by atoms with Crippen molar-refractivity contribution in [2.24, 2.45) is 0 Å². The molecule has 1 N–H and O–H groups in total. The van der Waals surface area contributed by atoms with Gasteiger partial charge < -0.3 is 14.2 Å². The van der Waals surface area contributed by atoms with E-state index < -0.39 is 6.04 Å². The van der Waals surface area contributed by atoms with Gasteiger partial charge in [0.15, 0.2) is 11.5 Å². The molecule has 0 aromatic heterocycles. The van der Waals surface area contributed by atoms with E-state index in [0.29, 0.717) is 31.6 Å². The number of nitrogens with one attached hydrogen (secondary N) is 1. The molecule has 1 saturated carbocycles. The Morgan fingerprint density at radius 3 is 2.80 bits per heavy atom. The van der Waals surface area contributed by atoms with Crippen LogP contribution in [0.25, 0.3) is 0 Å². The fourth-order valence-corrected chi connectivity index (χ4v) is 2.25. The summed E-state index contributed by atoms with van der Waals surface area (Å²) in [6, 6.07) is 5.59. The molecule has 0 saturated heterocycles. The second-order valence-electron chi connectivity index (χ2n) is 5.03. The highest BCUT2D eigenvalue weighted by Gasteiger charge is 2.31. The lowest BCUT2D eigenvalue weighted by atomic mass is 10.1. The Balaban J connectivity index is 1.83. The minimum Gasteiger partial charge on any atom is -0.486 e. The summed E-state index contributed by atoms with van der Waals surface area (Å²) in [5.74, 6) is 1.19. The minimum absolute atomic E-state index is 0.240. The Bertz CT molecular complexity index is 499. The average molecular weight is 277 g/mol. The van der Waals surface area contributed by atoms with E-state index in [2.05, 4.69) is 5.32 Å². The molecule has 5 heteroatoms. The fraction of sp³-hybridized carbons (Fsp3) is 0.533. The fourth-order valence-electron chi connectivity index (χ4n) is 2.25. The van der Waals surface area contributed by atoms with Gasteiger partial charge in [-0.2, -0.15) is 0 Å². The highest BCUT2D eigenvalue weighted by Crippen LogP contribution is 2.34. The van der Waals surface area contributed by atoms with Gasteiger partial charge in [-0.15, -0.1) is 0 Å². The van der Waals surface area contributed by atoms with Gasteiger partial charge in [-0.25, -0.2) is 4.79 Å². The quantitative estimate of drug-likeness (QED) is 0.832. The third kappa shape index (κ3) is 2.88. The van der Waals surface area contributed by atoms with Crippen molar-refractivity contribution in [2.75, 3.05) is 19.8 Å². The van der Waals surface area contributed by atoms with Gasteiger partial charge in [0.05, 0.1) is 6.61 Å². The monoisotopic (exact) mass is 277 g/mol. The summed E-state index contributed by atoms with van der Waals surface area (Å²) < 4.78 is 16.2. The number of fused-ring (bicyclic) bond motifs is 1. The zero-order valence-electron chi connectivity index (χ0n) is 11.6. The molecule has 0 bridgehead atoms. The van der Waals surface area contributed by atoms with E-state index in [1.54, 1.807) is 0 Å². The lowest BCUT2D eigenvalue weighted by molar-refractivity contribution is -0.145. The molecule has 1 aromatic carbocycles. The highest BCUT2D eigenvalue weighted by molar-refractivity contribution is 5.78. The van der Waals surface area contributed by atoms with E-state index in [-0.39, 0.29) is 5.97 Å². The maximum absolute atomic E-state index is 12.1. The summed E-state index contributed by atoms with van der Waals surface area (Å²) in [5.41, 5.74) is 0.861. The van der Waals surface area contributed by atoms with Gasteiger partial charge in [-0.1, -0.05) is 6.07 Å². The lowest BCUT2D eigenvalue weighted by Gasteiger charge is -2.22. The van der Waals surface area contributed by atoms with Crippen LogP contribution >= 0.6 is 0 Å². The van der Waals surface area contributed by atoms with Gasteiger partial charge in [0, 0.05) is 6.04 Å². The SMILES string of the molecule is CCOC(=O)C(NC1CC1)c1ccc2c(c1)OCCO2. The van der Waals surface area contributed by atoms with E-state index in [4.69, 9.17) is 14.2 Å². The van der Waals surface area contributed by atoms with Crippen LogP contribution in [0, 0.1) is 0 Å². The summed E-state index contributed by atoms with van der Waals surface area (Å²) in [5, 5.41) is 3.33. The molecular weight excluding hydrogens is 258 g/mol. The molecule has 1 aromatic rings. The molecule has 108 valence electrons. The largest absolute Gasteiger partial charge is 0.486 e. The number of carbonyl (C=O) groups excluding carboxylic acids is 1. The molecule has 1 unspecified atom stereocenters. The molecule has 3 rings (SSSR count). The summed E-state index contributed by atoms with van der Waals surface area (Å²) in [4.78, 5) is 12.1. The van der Waals surface area contributed by atoms with Crippen molar-refractivity contribution >= 4 is 5.97 Å². The minimum atomic E-state index is -0.432. The number of benzene rings is 1. The maximum atomic E-state index is 12.1. The molecule has 1 fully saturated rings. The number of ether oxygens (including phenoxy) is 3. The van der Waals surface area contributed by atoms with Gasteiger partial charge in [0.25, 0.3) is 0 Å². The van der Waals surface area contributed by atoms with Crippen LogP contribution in [-0.2, 0) is 9.53 Å². The first-order valence-corrected chi connectivity index (χ1v) is 7.10. The second kappa shape index (κ2) is 5.71. The molecule has 5 nitrogen and oxygen atoms in total. The van der Waals surface area contributed by atoms with Crippen LogP contribution in [0.1, 0.15) is 31.4 Å². The van der Waals surface area contributed by atoms with E-state index >= 15 is 0 Å². The Kier molecular flexibility index (Phi) is 3.78. The molecule has 0 spiro atoms. The van der Waals surface area contributed by atoms with Crippen molar-refractivity contribution in [1.29, 1.82) is 0 Å². The first-order valence-electron chi connectivity index (χ1n) is 7.10. The van der Waals surface area contributed by atoms with Gasteiger partial charge >= 0.3 is 5.97 Å². The number of esters is 1. The standard InChI is InChI=1S/C15H19NO4/c1-2-18-15(17)14(16-11-4-5-11)10-3-6-12-13(9-10)20-8-7-19-12/h3,6,9,11,14,16H,2,4-5,7-8H2,1H3. The van der Waals surface area contributed by atoms with Crippen molar-refractivity contribution < 1.29 is 19.0 Å². The molecular formula is C15H19NO4. The molecule has 2 aliphatic rings. The first kappa shape index (κ1) is 13.2. The van der Waals surface area contributed by atoms with Crippen molar-refractivity contribution in [3.8, 4) is 11.5 Å². The van der Waals surface area contributed by atoms with Crippen LogP contribution in [0.4, 0.5) is 0 Å². The average Bonchev–Trinajstić information content (AvgIpc) is 3.28. The molecule has 1 atom stereocenters. The van der Waals surface area contributed by atoms with Gasteiger partial charge in [-0.3, -0.25) is 5.32 Å². The molecule has 0 radical (unpaired) electrons. The second-order valence-corrected chi connectivity index (χ2v) is 5.03. The Labute approximate surface area is 118 Å². The topological polar surface area (TPSA) is 56.8 Å². The molecule has 1 heterocycles. The lowest BCUT2D eigenvalue weighted by Crippen LogP contribution is -2.32. The van der Waals surface area contributed by atoms with E-state index in [1.807, 2.05) is 25.1 Å². The molecule has 20 heavy (non-hydrogen) atoms. The molecule has 0 amide bonds. The van der Waals surface area contributed by atoms with Gasteiger partial charge in [0.1, 0.15) is 19.3 Å². The normalized spacial score (nSPS) is 18.4. The zero-order chi connectivity index (χ0) is 13.9. The van der Waals surface area contributed by atoms with Crippen LogP contribution in [0.5, 0.6) is 11.5 Å². The van der Waals surface area contributed by atoms with Crippen LogP contribution < -0.4 is 14.8 Å². The number of rotatable bonds is 5. The third-order valence-electron chi connectivity index (χ3n) is 3.40. The highest BCUT2D eigenvalue weighted by atomic mass is 16.6. The molecule has 1 aliphatic heterocycles. The van der Waals surface area contributed by atoms with E-state index in [9.17, 15) is 4.79 Å². The van der Waals surface area contributed by atoms with Crippen LogP contribution in [0.3, 0.4) is 0 Å². The summed E-state index contributed by atoms with van der Waals surface area (Å²) in [7, 11) is 0. The number of carbonyl (C=O) groups is 1. The van der Waals surface area contributed by atoms with E-state index in [1.165, 1.54) is 0 Å². The Morgan fingerprint density at radius 1 is 1.35 bits per heavy atom. The summed E-state index contributed by atoms with van der Waals surface area (Å²) in [6.45, 7) is 3.30. The first-order chi connectivity index (χ1) is 9.78. The smallest absolute Gasteiger partial charge is 0.327 e. The predicted molar refractivity (Wildman–Crippen MR) is 73.0 cm³/mol. The summed E-state index contributed by atoms with van der Waals surface area (Å²) >= 11 is 0. The zero-order valence-corrected chi connectivity index (χ0v) is 11.6. The predicted octanol–water partition coefficient (Wildman–Crippen LogP) is 1.81. The Morgan fingerprint density at radius 2 is 2.10 bits per heavy atom. The maximum Gasteiger partial charge on any atom is 0.327 e. The van der Waals surface area contributed by atoms with Crippen molar-refractivity contribution in [3.63, 3.8) is 0 Å². The van der Waals surface area contributed by atoms with Gasteiger partial charge in [0.2, 0.25) is 0 Å². The van der Waals surface area contributed by atoms with Crippen molar-refractivity contribution in [2.45, 2.75) is 31.8 Å². The molecule has 1 aliphatic carbocycles. The van der Waals surface area contributed by atoms with Crippen molar-refractivity contribution in [3.05, 3.63) is 23.8 Å². The van der Waals surface area contributed by atoms with Gasteiger partial charge in [-0.05, 0) is 37.5 Å². The van der Waals surface area contributed by atoms with Crippen LogP contribution in [0.2, 0.25) is 0 Å². The summed E-state index contributed by atoms with van der Waals surface area (Å²) in [6.07, 6.45) is 2.22. The van der Waals surface area contributed by atoms with E-state index in [0.717, 1.165) is 24.2 Å². The Hall–Kier alpha value is -1.75.